The average Bonchev–Trinajstić information content (AvgIpc) is 2.26. The SMILES string of the molecule is Cc1cccc(C(C)(C(=O)O)N(C)CC(C)C)c1. The van der Waals surface area contributed by atoms with Crippen LogP contribution in [0.2, 0.25) is 0 Å². The van der Waals surface area contributed by atoms with Crippen LogP contribution in [0, 0.1) is 12.8 Å². The van der Waals surface area contributed by atoms with Crippen molar-refractivity contribution < 1.29 is 9.90 Å². The van der Waals surface area contributed by atoms with E-state index in [0.717, 1.165) is 17.7 Å². The second-order valence-corrected chi connectivity index (χ2v) is 5.52. The number of carboxylic acid groups (broad SMARTS) is 1. The third-order valence-corrected chi connectivity index (χ3v) is 3.40. The molecule has 0 aliphatic heterocycles. The lowest BCUT2D eigenvalue weighted by atomic mass is 9.89. The predicted molar refractivity (Wildman–Crippen MR) is 73.6 cm³/mol. The van der Waals surface area contributed by atoms with Crippen LogP contribution >= 0.6 is 0 Å². The molecular weight excluding hydrogens is 226 g/mol. The molecule has 0 bridgehead atoms. The van der Waals surface area contributed by atoms with E-state index < -0.39 is 11.5 Å². The highest BCUT2D eigenvalue weighted by Crippen LogP contribution is 2.28. The van der Waals surface area contributed by atoms with E-state index in [1.54, 1.807) is 6.92 Å². The van der Waals surface area contributed by atoms with Crippen molar-refractivity contribution in [1.82, 2.24) is 4.90 Å². The molecule has 0 fully saturated rings. The van der Waals surface area contributed by atoms with Gasteiger partial charge >= 0.3 is 5.97 Å². The van der Waals surface area contributed by atoms with E-state index in [2.05, 4.69) is 13.8 Å². The van der Waals surface area contributed by atoms with Crippen LogP contribution in [-0.4, -0.2) is 29.6 Å². The lowest BCUT2D eigenvalue weighted by molar-refractivity contribution is -0.150. The van der Waals surface area contributed by atoms with E-state index in [9.17, 15) is 9.90 Å². The third kappa shape index (κ3) is 2.91. The number of rotatable bonds is 5. The molecule has 1 unspecified atom stereocenters. The summed E-state index contributed by atoms with van der Waals surface area (Å²) in [5.74, 6) is -0.380. The molecule has 1 atom stereocenters. The Labute approximate surface area is 109 Å². The minimum atomic E-state index is -0.976. The number of nitrogens with zero attached hydrogens (tertiary/aromatic N) is 1. The topological polar surface area (TPSA) is 40.5 Å². The molecule has 18 heavy (non-hydrogen) atoms. The van der Waals surface area contributed by atoms with Crippen molar-refractivity contribution in [1.29, 1.82) is 0 Å². The summed E-state index contributed by atoms with van der Waals surface area (Å²) in [6.07, 6.45) is 0. The Balaban J connectivity index is 3.19. The minimum absolute atomic E-state index is 0.429. The summed E-state index contributed by atoms with van der Waals surface area (Å²) in [6.45, 7) is 8.68. The molecule has 0 aliphatic carbocycles. The second-order valence-electron chi connectivity index (χ2n) is 5.52. The summed E-state index contributed by atoms with van der Waals surface area (Å²) < 4.78 is 0. The van der Waals surface area contributed by atoms with Gasteiger partial charge in [0.05, 0.1) is 0 Å². The molecule has 0 saturated carbocycles. The number of hydrogen-bond donors (Lipinski definition) is 1. The molecule has 3 nitrogen and oxygen atoms in total. The first-order valence-corrected chi connectivity index (χ1v) is 6.30. The van der Waals surface area contributed by atoms with Gasteiger partial charge in [-0.25, -0.2) is 4.79 Å². The van der Waals surface area contributed by atoms with Crippen LogP contribution in [0.3, 0.4) is 0 Å². The molecule has 1 rings (SSSR count). The van der Waals surface area contributed by atoms with Crippen molar-refractivity contribution in [2.45, 2.75) is 33.2 Å². The van der Waals surface area contributed by atoms with Crippen LogP contribution in [0.1, 0.15) is 31.9 Å². The fourth-order valence-corrected chi connectivity index (χ4v) is 2.19. The maximum absolute atomic E-state index is 11.7. The van der Waals surface area contributed by atoms with Gasteiger partial charge in [0.2, 0.25) is 0 Å². The van der Waals surface area contributed by atoms with Gasteiger partial charge in [0.1, 0.15) is 5.54 Å². The van der Waals surface area contributed by atoms with Crippen LogP contribution < -0.4 is 0 Å². The summed E-state index contributed by atoms with van der Waals surface area (Å²) in [4.78, 5) is 13.6. The van der Waals surface area contributed by atoms with Crippen molar-refractivity contribution in [3.63, 3.8) is 0 Å². The Kier molecular flexibility index (Phi) is 4.52. The fourth-order valence-electron chi connectivity index (χ4n) is 2.19. The molecule has 0 aliphatic rings. The summed E-state index contributed by atoms with van der Waals surface area (Å²) >= 11 is 0. The highest BCUT2D eigenvalue weighted by atomic mass is 16.4. The zero-order valence-corrected chi connectivity index (χ0v) is 11.9. The van der Waals surface area contributed by atoms with Crippen LogP contribution in [-0.2, 0) is 10.3 Å². The molecule has 100 valence electrons. The molecule has 0 amide bonds. The van der Waals surface area contributed by atoms with Crippen molar-refractivity contribution in [3.8, 4) is 0 Å². The minimum Gasteiger partial charge on any atom is -0.480 e. The first-order chi connectivity index (χ1) is 8.28. The Bertz CT molecular complexity index is 428. The molecule has 0 saturated heterocycles. The maximum atomic E-state index is 11.7. The first-order valence-electron chi connectivity index (χ1n) is 6.30. The van der Waals surface area contributed by atoms with E-state index in [-0.39, 0.29) is 0 Å². The first kappa shape index (κ1) is 14.7. The van der Waals surface area contributed by atoms with Crippen LogP contribution in [0.5, 0.6) is 0 Å². The second kappa shape index (κ2) is 5.53. The smallest absolute Gasteiger partial charge is 0.328 e. The number of carboxylic acids is 1. The Morgan fingerprint density at radius 2 is 2.06 bits per heavy atom. The number of aryl methyl sites for hydroxylation is 1. The molecular formula is C15H23NO2. The standard InChI is InChI=1S/C15H23NO2/c1-11(2)10-16(5)15(4,14(17)18)13-8-6-7-12(3)9-13/h6-9,11H,10H2,1-5H3,(H,17,18). The van der Waals surface area contributed by atoms with E-state index in [0.29, 0.717) is 5.92 Å². The van der Waals surface area contributed by atoms with Crippen molar-refractivity contribution in [3.05, 3.63) is 35.4 Å². The van der Waals surface area contributed by atoms with Crippen LogP contribution in [0.4, 0.5) is 0 Å². The highest BCUT2D eigenvalue weighted by Gasteiger charge is 2.39. The average molecular weight is 249 g/mol. The number of likely N-dealkylation sites (N-methyl/N-ethyl adjacent to an activating group) is 1. The number of benzene rings is 1. The molecule has 0 heterocycles. The summed E-state index contributed by atoms with van der Waals surface area (Å²) in [5.41, 5.74) is 0.937. The van der Waals surface area contributed by atoms with Gasteiger partial charge in [0, 0.05) is 6.54 Å². The molecule has 0 aromatic heterocycles. The van der Waals surface area contributed by atoms with E-state index in [1.807, 2.05) is 43.1 Å². The van der Waals surface area contributed by atoms with Gasteiger partial charge in [-0.05, 0) is 32.4 Å². The van der Waals surface area contributed by atoms with Gasteiger partial charge in [-0.15, -0.1) is 0 Å². The quantitative estimate of drug-likeness (QED) is 0.872. The van der Waals surface area contributed by atoms with Crippen molar-refractivity contribution in [2.24, 2.45) is 5.92 Å². The number of aliphatic carboxylic acids is 1. The van der Waals surface area contributed by atoms with E-state index in [1.165, 1.54) is 0 Å². The maximum Gasteiger partial charge on any atom is 0.328 e. The Morgan fingerprint density at radius 1 is 1.44 bits per heavy atom. The highest BCUT2D eigenvalue weighted by molar-refractivity contribution is 5.80. The van der Waals surface area contributed by atoms with Crippen molar-refractivity contribution in [2.75, 3.05) is 13.6 Å². The summed E-state index contributed by atoms with van der Waals surface area (Å²) in [5, 5.41) is 9.62. The van der Waals surface area contributed by atoms with Gasteiger partial charge in [0.25, 0.3) is 0 Å². The van der Waals surface area contributed by atoms with Crippen LogP contribution in [0.15, 0.2) is 24.3 Å². The van der Waals surface area contributed by atoms with Gasteiger partial charge in [-0.3, -0.25) is 4.90 Å². The predicted octanol–water partition coefficient (Wildman–Crippen LogP) is 2.88. The van der Waals surface area contributed by atoms with E-state index in [4.69, 9.17) is 0 Å². The van der Waals surface area contributed by atoms with E-state index >= 15 is 0 Å². The largest absolute Gasteiger partial charge is 0.480 e. The third-order valence-electron chi connectivity index (χ3n) is 3.40. The monoisotopic (exact) mass is 249 g/mol. The molecule has 1 aromatic rings. The Morgan fingerprint density at radius 3 is 2.50 bits per heavy atom. The van der Waals surface area contributed by atoms with Gasteiger partial charge in [-0.2, -0.15) is 0 Å². The van der Waals surface area contributed by atoms with Crippen LogP contribution in [0.25, 0.3) is 0 Å². The lowest BCUT2D eigenvalue weighted by Crippen LogP contribution is -2.49. The molecule has 3 heteroatoms. The molecule has 0 radical (unpaired) electrons. The molecule has 1 aromatic carbocycles. The number of carbonyl (C=O) groups is 1. The van der Waals surface area contributed by atoms with Gasteiger partial charge in [0.15, 0.2) is 0 Å². The fraction of sp³-hybridized carbons (Fsp3) is 0.533. The zero-order valence-electron chi connectivity index (χ0n) is 11.9. The summed E-state index contributed by atoms with van der Waals surface area (Å²) in [6, 6.07) is 7.73. The lowest BCUT2D eigenvalue weighted by Gasteiger charge is -2.36. The van der Waals surface area contributed by atoms with Crippen molar-refractivity contribution >= 4 is 5.97 Å². The van der Waals surface area contributed by atoms with Gasteiger partial charge < -0.3 is 5.11 Å². The zero-order chi connectivity index (χ0) is 13.9. The molecule has 1 N–H and O–H groups in total. The number of hydrogen-bond acceptors (Lipinski definition) is 2. The normalized spacial score (nSPS) is 14.8. The summed E-state index contributed by atoms with van der Waals surface area (Å²) in [7, 11) is 1.87. The molecule has 0 spiro atoms. The Hall–Kier alpha value is -1.35. The van der Waals surface area contributed by atoms with Gasteiger partial charge in [-0.1, -0.05) is 43.7 Å².